The Morgan fingerprint density at radius 3 is 2.48 bits per heavy atom. The molecule has 1 aromatic carbocycles. The maximum Gasteiger partial charge on any atom is 0.271 e. The zero-order chi connectivity index (χ0) is 22.5. The average Bonchev–Trinajstić information content (AvgIpc) is 2.71. The summed E-state index contributed by atoms with van der Waals surface area (Å²) in [6.07, 6.45) is 3.72. The van der Waals surface area contributed by atoms with Crippen molar-refractivity contribution in [1.29, 1.82) is 0 Å². The van der Waals surface area contributed by atoms with Crippen LogP contribution >= 0.6 is 11.6 Å². The number of hydrogen-bond acceptors (Lipinski definition) is 7. The second kappa shape index (κ2) is 10.1. The van der Waals surface area contributed by atoms with Gasteiger partial charge in [-0.2, -0.15) is 0 Å². The van der Waals surface area contributed by atoms with Gasteiger partial charge in [-0.3, -0.25) is 9.59 Å². The van der Waals surface area contributed by atoms with Gasteiger partial charge in [0, 0.05) is 23.2 Å². The summed E-state index contributed by atoms with van der Waals surface area (Å²) in [4.78, 5) is 32.5. The fourth-order valence-electron chi connectivity index (χ4n) is 3.68. The number of Topliss-reactive ketones (excluding diaryl/α,β-unsaturated/α-hetero) is 1. The molecular weight excluding hydrogens is 418 g/mol. The number of carbonyl (C=O) groups is 2. The molecule has 0 bridgehead atoms. The molecule has 1 aliphatic rings. The van der Waals surface area contributed by atoms with Gasteiger partial charge in [0.2, 0.25) is 0 Å². The van der Waals surface area contributed by atoms with Gasteiger partial charge >= 0.3 is 0 Å². The number of ketones is 1. The van der Waals surface area contributed by atoms with E-state index in [-0.39, 0.29) is 35.9 Å². The van der Waals surface area contributed by atoms with Crippen molar-refractivity contribution < 1.29 is 14.7 Å². The second-order valence-electron chi connectivity index (χ2n) is 7.89. The normalized spacial score (nSPS) is 18.5. The molecule has 1 aliphatic carbocycles. The number of amides is 1. The molecule has 0 spiro atoms. The Kier molecular flexibility index (Phi) is 7.46. The molecule has 2 aromatic rings. The Morgan fingerprint density at radius 2 is 1.90 bits per heavy atom. The van der Waals surface area contributed by atoms with E-state index in [0.717, 1.165) is 31.2 Å². The number of aliphatic hydroxyl groups is 1. The van der Waals surface area contributed by atoms with Crippen LogP contribution in [0.4, 0.5) is 17.3 Å². The lowest BCUT2D eigenvalue weighted by atomic mass is 9.93. The molecule has 5 N–H and O–H groups in total. The smallest absolute Gasteiger partial charge is 0.271 e. The molecular formula is C22H28ClN5O3. The maximum atomic E-state index is 12.0. The molecule has 1 fully saturated rings. The van der Waals surface area contributed by atoms with E-state index in [9.17, 15) is 14.7 Å². The minimum Gasteiger partial charge on any atom is -0.393 e. The molecule has 1 amide bonds. The van der Waals surface area contributed by atoms with Gasteiger partial charge in [0.15, 0.2) is 11.5 Å². The van der Waals surface area contributed by atoms with Gasteiger partial charge in [-0.1, -0.05) is 24.6 Å². The molecule has 1 aromatic heterocycles. The summed E-state index contributed by atoms with van der Waals surface area (Å²) in [7, 11) is 0. The van der Waals surface area contributed by atoms with Crippen molar-refractivity contribution in [3.05, 3.63) is 40.2 Å². The summed E-state index contributed by atoms with van der Waals surface area (Å²) in [6, 6.07) is 5.38. The maximum absolute atomic E-state index is 12.0. The number of carbonyl (C=O) groups excluding carboxylic acids is 2. The van der Waals surface area contributed by atoms with Crippen LogP contribution in [0.25, 0.3) is 0 Å². The lowest BCUT2D eigenvalue weighted by Gasteiger charge is -2.27. The monoisotopic (exact) mass is 445 g/mol. The highest BCUT2D eigenvalue weighted by atomic mass is 35.5. The van der Waals surface area contributed by atoms with Crippen LogP contribution in [-0.2, 0) is 17.6 Å². The highest BCUT2D eigenvalue weighted by Crippen LogP contribution is 2.28. The second-order valence-corrected chi connectivity index (χ2v) is 8.30. The van der Waals surface area contributed by atoms with E-state index in [4.69, 9.17) is 17.3 Å². The topological polar surface area (TPSA) is 130 Å². The van der Waals surface area contributed by atoms with Crippen molar-refractivity contribution in [3.8, 4) is 0 Å². The van der Waals surface area contributed by atoms with Crippen LogP contribution in [0.3, 0.4) is 0 Å². The van der Waals surface area contributed by atoms with E-state index in [1.54, 1.807) is 18.2 Å². The summed E-state index contributed by atoms with van der Waals surface area (Å²) >= 11 is 6.31. The Hall–Kier alpha value is -2.71. The highest BCUT2D eigenvalue weighted by molar-refractivity contribution is 6.31. The van der Waals surface area contributed by atoms with Gasteiger partial charge in [-0.15, -0.1) is 0 Å². The molecule has 1 saturated carbocycles. The Bertz CT molecular complexity index is 974. The number of nitrogens with zero attached hydrogens (tertiary/aromatic N) is 2. The van der Waals surface area contributed by atoms with Crippen LogP contribution in [0.1, 0.15) is 61.3 Å². The Labute approximate surface area is 186 Å². The van der Waals surface area contributed by atoms with Crippen molar-refractivity contribution in [2.75, 3.05) is 10.6 Å². The quantitative estimate of drug-likeness (QED) is 0.489. The molecule has 9 heteroatoms. The van der Waals surface area contributed by atoms with E-state index < -0.39 is 5.91 Å². The van der Waals surface area contributed by atoms with Crippen molar-refractivity contribution in [2.45, 2.75) is 64.5 Å². The Morgan fingerprint density at radius 1 is 1.19 bits per heavy atom. The van der Waals surface area contributed by atoms with Crippen LogP contribution in [0.5, 0.6) is 0 Å². The highest BCUT2D eigenvalue weighted by Gasteiger charge is 2.23. The van der Waals surface area contributed by atoms with Crippen LogP contribution in [-0.4, -0.2) is 38.9 Å². The van der Waals surface area contributed by atoms with Crippen LogP contribution in [0.15, 0.2) is 18.2 Å². The molecule has 0 unspecified atom stereocenters. The van der Waals surface area contributed by atoms with Gasteiger partial charge < -0.3 is 21.5 Å². The third-order valence-electron chi connectivity index (χ3n) is 5.33. The lowest BCUT2D eigenvalue weighted by Crippen LogP contribution is -2.29. The summed E-state index contributed by atoms with van der Waals surface area (Å²) in [6.45, 7) is 3.44. The zero-order valence-electron chi connectivity index (χ0n) is 17.7. The Balaban J connectivity index is 1.90. The largest absolute Gasteiger partial charge is 0.393 e. The molecule has 0 saturated heterocycles. The SMILES string of the molecule is CCc1nc(C(N)=O)c(Nc2ccc(CC(C)=O)c(Cl)c2)nc1NC1CCC(O)CC1. The average molecular weight is 446 g/mol. The first-order valence-electron chi connectivity index (χ1n) is 10.5. The minimum atomic E-state index is -0.684. The number of hydrogen-bond donors (Lipinski definition) is 4. The lowest BCUT2D eigenvalue weighted by molar-refractivity contribution is -0.116. The predicted octanol–water partition coefficient (Wildman–Crippen LogP) is 3.38. The van der Waals surface area contributed by atoms with Crippen molar-refractivity contribution >= 4 is 40.6 Å². The number of anilines is 3. The molecule has 3 rings (SSSR count). The van der Waals surface area contributed by atoms with Gasteiger partial charge in [0.05, 0.1) is 11.8 Å². The van der Waals surface area contributed by atoms with Crippen molar-refractivity contribution in [3.63, 3.8) is 0 Å². The predicted molar refractivity (Wildman–Crippen MR) is 121 cm³/mol. The van der Waals surface area contributed by atoms with Gasteiger partial charge in [-0.25, -0.2) is 9.97 Å². The molecule has 0 atom stereocenters. The van der Waals surface area contributed by atoms with E-state index in [0.29, 0.717) is 28.6 Å². The van der Waals surface area contributed by atoms with Crippen LogP contribution in [0, 0.1) is 0 Å². The van der Waals surface area contributed by atoms with Gasteiger partial charge in [-0.05, 0) is 56.7 Å². The summed E-state index contributed by atoms with van der Waals surface area (Å²) in [5.74, 6) is 0.163. The molecule has 1 heterocycles. The third-order valence-corrected chi connectivity index (χ3v) is 5.68. The number of aromatic nitrogens is 2. The van der Waals surface area contributed by atoms with Crippen molar-refractivity contribution in [1.82, 2.24) is 9.97 Å². The zero-order valence-corrected chi connectivity index (χ0v) is 18.5. The fourth-order valence-corrected chi connectivity index (χ4v) is 3.93. The number of benzene rings is 1. The number of primary amides is 1. The molecule has 0 radical (unpaired) electrons. The first-order valence-corrected chi connectivity index (χ1v) is 10.8. The number of halogens is 1. The molecule has 166 valence electrons. The van der Waals surface area contributed by atoms with Gasteiger partial charge in [0.25, 0.3) is 5.91 Å². The van der Waals surface area contributed by atoms with Crippen LogP contribution in [0.2, 0.25) is 5.02 Å². The fraction of sp³-hybridized carbons (Fsp3) is 0.455. The third kappa shape index (κ3) is 5.92. The number of aryl methyl sites for hydroxylation is 1. The molecule has 8 nitrogen and oxygen atoms in total. The summed E-state index contributed by atoms with van der Waals surface area (Å²) in [5, 5.41) is 16.7. The minimum absolute atomic E-state index is 0.0191. The number of nitrogens with one attached hydrogen (secondary N) is 2. The number of rotatable bonds is 8. The standard InChI is InChI=1S/C22H28ClN5O3/c1-3-18-21(25-14-6-8-16(30)9-7-14)28-22(19(27-18)20(24)31)26-15-5-4-13(10-12(2)29)17(23)11-15/h4-5,11,14,16,30H,3,6-10H2,1-2H3,(H2,24,31)(H2,25,26,28). The van der Waals surface area contributed by atoms with E-state index in [1.165, 1.54) is 6.92 Å². The summed E-state index contributed by atoms with van der Waals surface area (Å²) < 4.78 is 0. The van der Waals surface area contributed by atoms with Crippen molar-refractivity contribution in [2.24, 2.45) is 5.73 Å². The van der Waals surface area contributed by atoms with E-state index >= 15 is 0 Å². The summed E-state index contributed by atoms with van der Waals surface area (Å²) in [5.41, 5.74) is 7.58. The van der Waals surface area contributed by atoms with E-state index in [2.05, 4.69) is 20.6 Å². The number of nitrogens with two attached hydrogens (primary N) is 1. The first-order chi connectivity index (χ1) is 14.8. The number of aliphatic hydroxyl groups excluding tert-OH is 1. The first kappa shape index (κ1) is 23.0. The molecule has 0 aliphatic heterocycles. The van der Waals surface area contributed by atoms with Crippen LogP contribution < -0.4 is 16.4 Å². The van der Waals surface area contributed by atoms with E-state index in [1.807, 2.05) is 6.92 Å². The van der Waals surface area contributed by atoms with Gasteiger partial charge in [0.1, 0.15) is 11.6 Å². The molecule has 31 heavy (non-hydrogen) atoms.